The van der Waals surface area contributed by atoms with Crippen molar-refractivity contribution in [3.8, 4) is 11.8 Å². The van der Waals surface area contributed by atoms with Crippen LogP contribution in [0.2, 0.25) is 0 Å². The number of carbonyl (C=O) groups is 1. The van der Waals surface area contributed by atoms with E-state index in [-0.39, 0.29) is 5.91 Å². The number of nitrogens with zero attached hydrogens (tertiary/aromatic N) is 5. The van der Waals surface area contributed by atoms with Gasteiger partial charge in [-0.05, 0) is 32.0 Å². The lowest BCUT2D eigenvalue weighted by atomic mass is 10.2. The van der Waals surface area contributed by atoms with Crippen molar-refractivity contribution in [1.29, 1.82) is 5.26 Å². The molecule has 0 aliphatic rings. The maximum atomic E-state index is 12.6. The third-order valence-electron chi connectivity index (χ3n) is 3.62. The van der Waals surface area contributed by atoms with Crippen LogP contribution in [0.3, 0.4) is 0 Å². The van der Waals surface area contributed by atoms with Crippen LogP contribution in [0, 0.1) is 25.2 Å². The third kappa shape index (κ3) is 2.77. The summed E-state index contributed by atoms with van der Waals surface area (Å²) in [5.74, 6) is 1.11. The minimum Gasteiger partial charge on any atom is -0.345 e. The van der Waals surface area contributed by atoms with Crippen LogP contribution >= 0.6 is 0 Å². The van der Waals surface area contributed by atoms with Gasteiger partial charge in [0.05, 0.1) is 16.9 Å². The third-order valence-corrected chi connectivity index (χ3v) is 3.62. The lowest BCUT2D eigenvalue weighted by Gasteiger charge is -2.12. The van der Waals surface area contributed by atoms with Crippen molar-refractivity contribution in [2.75, 3.05) is 5.32 Å². The molecule has 0 saturated carbocycles. The molecule has 1 amide bonds. The van der Waals surface area contributed by atoms with Crippen LogP contribution in [-0.4, -0.2) is 25.2 Å². The summed E-state index contributed by atoms with van der Waals surface area (Å²) >= 11 is 0. The van der Waals surface area contributed by atoms with E-state index in [4.69, 9.17) is 5.26 Å². The number of amides is 1. The van der Waals surface area contributed by atoms with Gasteiger partial charge < -0.3 is 9.88 Å². The molecular formula is C17H16N6O. The van der Waals surface area contributed by atoms with Gasteiger partial charge in [0.2, 0.25) is 0 Å². The molecular weight excluding hydrogens is 304 g/mol. The Hall–Kier alpha value is -3.40. The van der Waals surface area contributed by atoms with Crippen LogP contribution in [0.25, 0.3) is 5.69 Å². The molecule has 2 heterocycles. The van der Waals surface area contributed by atoms with Gasteiger partial charge in [-0.15, -0.1) is 0 Å². The van der Waals surface area contributed by atoms with E-state index in [1.807, 2.05) is 38.1 Å². The molecule has 0 fully saturated rings. The molecule has 0 unspecified atom stereocenters. The lowest BCUT2D eigenvalue weighted by molar-refractivity contribution is 0.101. The lowest BCUT2D eigenvalue weighted by Crippen LogP contribution is -2.17. The van der Waals surface area contributed by atoms with Crippen LogP contribution in [0.5, 0.6) is 0 Å². The van der Waals surface area contributed by atoms with Crippen molar-refractivity contribution in [1.82, 2.24) is 19.3 Å². The predicted molar refractivity (Wildman–Crippen MR) is 88.9 cm³/mol. The number of hydrogen-bond donors (Lipinski definition) is 1. The Bertz CT molecular complexity index is 960. The smallest absolute Gasteiger partial charge is 0.272 e. The standard InChI is InChI=1S/C17H16N6O/c1-11-19-12(2)23(21-11)15-7-5-4-6-14(15)20-17(24)16-8-13(9-18)10-22(16)3/h4-8,10H,1-3H3,(H,20,24). The van der Waals surface area contributed by atoms with Gasteiger partial charge in [0.1, 0.15) is 23.4 Å². The fourth-order valence-electron chi connectivity index (χ4n) is 2.55. The Kier molecular flexibility index (Phi) is 3.88. The minimum absolute atomic E-state index is 0.291. The highest BCUT2D eigenvalue weighted by Gasteiger charge is 2.15. The zero-order valence-corrected chi connectivity index (χ0v) is 13.6. The average Bonchev–Trinajstić information content (AvgIpc) is 3.09. The van der Waals surface area contributed by atoms with Crippen LogP contribution in [0.4, 0.5) is 5.69 Å². The van der Waals surface area contributed by atoms with Gasteiger partial charge >= 0.3 is 0 Å². The molecule has 0 radical (unpaired) electrons. The van der Waals surface area contributed by atoms with Gasteiger partial charge in [-0.2, -0.15) is 10.4 Å². The first-order chi connectivity index (χ1) is 11.5. The highest BCUT2D eigenvalue weighted by Crippen LogP contribution is 2.21. The first-order valence-electron chi connectivity index (χ1n) is 7.37. The van der Waals surface area contributed by atoms with Gasteiger partial charge in [0.25, 0.3) is 5.91 Å². The van der Waals surface area contributed by atoms with E-state index in [0.717, 1.165) is 11.5 Å². The molecule has 0 spiro atoms. The van der Waals surface area contributed by atoms with Gasteiger partial charge in [-0.25, -0.2) is 9.67 Å². The molecule has 0 saturated heterocycles. The molecule has 24 heavy (non-hydrogen) atoms. The molecule has 7 heteroatoms. The number of nitriles is 1. The summed E-state index contributed by atoms with van der Waals surface area (Å²) in [6, 6.07) is 11.0. The number of aryl methyl sites for hydroxylation is 3. The normalized spacial score (nSPS) is 10.4. The Labute approximate surface area is 139 Å². The fourth-order valence-corrected chi connectivity index (χ4v) is 2.55. The quantitative estimate of drug-likeness (QED) is 0.802. The molecule has 3 aromatic rings. The topological polar surface area (TPSA) is 88.5 Å². The van der Waals surface area contributed by atoms with E-state index < -0.39 is 0 Å². The maximum absolute atomic E-state index is 12.6. The van der Waals surface area contributed by atoms with Crippen LogP contribution < -0.4 is 5.32 Å². The van der Waals surface area contributed by atoms with Gasteiger partial charge in [-0.3, -0.25) is 4.79 Å². The highest BCUT2D eigenvalue weighted by molar-refractivity contribution is 6.04. The summed E-state index contributed by atoms with van der Waals surface area (Å²) in [5.41, 5.74) is 2.21. The number of rotatable bonds is 3. The summed E-state index contributed by atoms with van der Waals surface area (Å²) in [5, 5.41) is 16.2. The molecule has 0 atom stereocenters. The molecule has 3 rings (SSSR count). The summed E-state index contributed by atoms with van der Waals surface area (Å²) in [6.07, 6.45) is 1.62. The second-order valence-corrected chi connectivity index (χ2v) is 5.43. The average molecular weight is 320 g/mol. The van der Waals surface area contributed by atoms with Crippen LogP contribution in [-0.2, 0) is 7.05 Å². The molecule has 0 aliphatic carbocycles. The largest absolute Gasteiger partial charge is 0.345 e. The number of carbonyl (C=O) groups excluding carboxylic acids is 1. The van der Waals surface area contributed by atoms with Crippen molar-refractivity contribution in [3.05, 3.63) is 59.4 Å². The van der Waals surface area contributed by atoms with E-state index in [9.17, 15) is 4.79 Å². The van der Waals surface area contributed by atoms with Crippen molar-refractivity contribution in [3.63, 3.8) is 0 Å². The van der Waals surface area contributed by atoms with Crippen molar-refractivity contribution >= 4 is 11.6 Å². The van der Waals surface area contributed by atoms with Crippen molar-refractivity contribution in [2.45, 2.75) is 13.8 Å². The first kappa shape index (κ1) is 15.5. The molecule has 7 nitrogen and oxygen atoms in total. The zero-order chi connectivity index (χ0) is 17.3. The fraction of sp³-hybridized carbons (Fsp3) is 0.176. The maximum Gasteiger partial charge on any atom is 0.272 e. The highest BCUT2D eigenvalue weighted by atomic mass is 16.1. The van der Waals surface area contributed by atoms with Gasteiger partial charge in [0, 0.05) is 13.2 Å². The Morgan fingerprint density at radius 2 is 2.04 bits per heavy atom. The zero-order valence-electron chi connectivity index (χ0n) is 13.6. The number of aromatic nitrogens is 4. The molecule has 0 aliphatic heterocycles. The number of anilines is 1. The number of benzene rings is 1. The van der Waals surface area contributed by atoms with Crippen molar-refractivity contribution in [2.24, 2.45) is 7.05 Å². The molecule has 0 bridgehead atoms. The SMILES string of the molecule is Cc1nc(C)n(-c2ccccc2NC(=O)c2cc(C#N)cn2C)n1. The summed E-state index contributed by atoms with van der Waals surface area (Å²) < 4.78 is 3.32. The minimum atomic E-state index is -0.291. The Morgan fingerprint density at radius 3 is 2.67 bits per heavy atom. The van der Waals surface area contributed by atoms with Crippen LogP contribution in [0.1, 0.15) is 27.7 Å². The number of para-hydroxylation sites is 2. The van der Waals surface area contributed by atoms with E-state index in [1.54, 1.807) is 34.6 Å². The second kappa shape index (κ2) is 6.01. The molecule has 2 aromatic heterocycles. The Morgan fingerprint density at radius 1 is 1.29 bits per heavy atom. The summed E-state index contributed by atoms with van der Waals surface area (Å²) in [7, 11) is 1.73. The number of hydrogen-bond acceptors (Lipinski definition) is 4. The van der Waals surface area contributed by atoms with E-state index >= 15 is 0 Å². The summed E-state index contributed by atoms with van der Waals surface area (Å²) in [4.78, 5) is 16.8. The van der Waals surface area contributed by atoms with E-state index in [2.05, 4.69) is 15.4 Å². The van der Waals surface area contributed by atoms with Gasteiger partial charge in [0.15, 0.2) is 0 Å². The van der Waals surface area contributed by atoms with E-state index in [1.165, 1.54) is 0 Å². The number of nitrogens with one attached hydrogen (secondary N) is 1. The van der Waals surface area contributed by atoms with E-state index in [0.29, 0.717) is 22.8 Å². The first-order valence-corrected chi connectivity index (χ1v) is 7.37. The van der Waals surface area contributed by atoms with Gasteiger partial charge in [-0.1, -0.05) is 12.1 Å². The van der Waals surface area contributed by atoms with Crippen molar-refractivity contribution < 1.29 is 4.79 Å². The monoisotopic (exact) mass is 320 g/mol. The second-order valence-electron chi connectivity index (χ2n) is 5.43. The molecule has 1 aromatic carbocycles. The van der Waals surface area contributed by atoms with Crippen LogP contribution in [0.15, 0.2) is 36.5 Å². The predicted octanol–water partition coefficient (Wildman–Crippen LogP) is 2.35. The summed E-state index contributed by atoms with van der Waals surface area (Å²) in [6.45, 7) is 3.67. The Balaban J connectivity index is 1.96. The molecule has 1 N–H and O–H groups in total. The molecule has 120 valence electrons.